The van der Waals surface area contributed by atoms with Gasteiger partial charge in [-0.1, -0.05) is 52.4 Å². The molecular formula is C24H32OS2. The first-order valence-electron chi connectivity index (χ1n) is 10.6. The molecular weight excluding hydrogens is 368 g/mol. The van der Waals surface area contributed by atoms with Crippen molar-refractivity contribution in [1.29, 1.82) is 0 Å². The fourth-order valence-corrected chi connectivity index (χ4v) is 5.78. The molecule has 0 N–H and O–H groups in total. The zero-order valence-electron chi connectivity index (χ0n) is 16.8. The van der Waals surface area contributed by atoms with Gasteiger partial charge >= 0.3 is 0 Å². The van der Waals surface area contributed by atoms with Gasteiger partial charge in [0.15, 0.2) is 0 Å². The van der Waals surface area contributed by atoms with E-state index in [1.807, 2.05) is 22.7 Å². The summed E-state index contributed by atoms with van der Waals surface area (Å²) in [4.78, 5) is 2.90. The summed E-state index contributed by atoms with van der Waals surface area (Å²) in [5.41, 5.74) is 1.30. The van der Waals surface area contributed by atoms with Crippen molar-refractivity contribution in [2.45, 2.75) is 71.6 Å². The molecule has 0 aliphatic carbocycles. The van der Waals surface area contributed by atoms with Gasteiger partial charge in [-0.3, -0.25) is 0 Å². The Morgan fingerprint density at radius 1 is 0.741 bits per heavy atom. The van der Waals surface area contributed by atoms with Crippen LogP contribution in [-0.4, -0.2) is 6.61 Å². The molecule has 0 saturated carbocycles. The topological polar surface area (TPSA) is 9.23 Å². The number of hydrogen-bond donors (Lipinski definition) is 0. The molecule has 0 saturated heterocycles. The third kappa shape index (κ3) is 6.08. The molecule has 0 aliphatic rings. The molecule has 0 radical (unpaired) electrons. The van der Waals surface area contributed by atoms with Crippen LogP contribution in [0.2, 0.25) is 0 Å². The molecule has 0 spiro atoms. The van der Waals surface area contributed by atoms with Crippen LogP contribution in [0.15, 0.2) is 36.4 Å². The van der Waals surface area contributed by atoms with Crippen LogP contribution in [0.3, 0.4) is 0 Å². The van der Waals surface area contributed by atoms with Crippen molar-refractivity contribution in [3.05, 3.63) is 41.3 Å². The standard InChI is InChI=1S/C24H32OS2/c1-3-5-7-8-10-16-25-20-14-12-19(13-15-20)22-18-24-23(27-22)17-21(26-24)11-9-6-4-2/h12-15,17-18H,3-11,16H2,1-2H3. The van der Waals surface area contributed by atoms with Crippen LogP contribution >= 0.6 is 22.7 Å². The van der Waals surface area contributed by atoms with E-state index in [0.29, 0.717) is 0 Å². The lowest BCUT2D eigenvalue weighted by atomic mass is 10.1. The smallest absolute Gasteiger partial charge is 0.119 e. The quantitative estimate of drug-likeness (QED) is 0.276. The Hall–Kier alpha value is -1.32. The van der Waals surface area contributed by atoms with E-state index in [4.69, 9.17) is 4.74 Å². The van der Waals surface area contributed by atoms with Crippen molar-refractivity contribution in [3.8, 4) is 16.2 Å². The summed E-state index contributed by atoms with van der Waals surface area (Å²) in [7, 11) is 0. The van der Waals surface area contributed by atoms with Crippen molar-refractivity contribution >= 4 is 32.1 Å². The predicted molar refractivity (Wildman–Crippen MR) is 123 cm³/mol. The first kappa shape index (κ1) is 20.4. The number of ether oxygens (including phenoxy) is 1. The zero-order chi connectivity index (χ0) is 18.9. The van der Waals surface area contributed by atoms with E-state index >= 15 is 0 Å². The molecule has 3 aromatic rings. The molecule has 3 heteroatoms. The Bertz CT molecular complexity index is 766. The summed E-state index contributed by atoms with van der Waals surface area (Å²) in [6.07, 6.45) is 11.6. The highest BCUT2D eigenvalue weighted by atomic mass is 32.1. The molecule has 0 unspecified atom stereocenters. The monoisotopic (exact) mass is 400 g/mol. The fourth-order valence-electron chi connectivity index (χ4n) is 3.31. The lowest BCUT2D eigenvalue weighted by Gasteiger charge is -2.06. The highest BCUT2D eigenvalue weighted by molar-refractivity contribution is 7.29. The molecule has 0 bridgehead atoms. The highest BCUT2D eigenvalue weighted by Gasteiger charge is 2.09. The molecule has 0 aliphatic heterocycles. The van der Waals surface area contributed by atoms with Crippen molar-refractivity contribution < 1.29 is 4.74 Å². The Morgan fingerprint density at radius 3 is 2.19 bits per heavy atom. The van der Waals surface area contributed by atoms with Crippen LogP contribution in [-0.2, 0) is 6.42 Å². The maximum atomic E-state index is 5.89. The average Bonchev–Trinajstić information content (AvgIpc) is 3.24. The third-order valence-electron chi connectivity index (χ3n) is 4.94. The first-order valence-corrected chi connectivity index (χ1v) is 12.2. The van der Waals surface area contributed by atoms with E-state index in [9.17, 15) is 0 Å². The Morgan fingerprint density at radius 2 is 1.44 bits per heavy atom. The maximum Gasteiger partial charge on any atom is 0.119 e. The van der Waals surface area contributed by atoms with Crippen molar-refractivity contribution in [3.63, 3.8) is 0 Å². The molecule has 0 fully saturated rings. The van der Waals surface area contributed by atoms with E-state index in [0.717, 1.165) is 18.8 Å². The van der Waals surface area contributed by atoms with E-state index in [1.54, 1.807) is 4.88 Å². The number of aryl methyl sites for hydroxylation is 1. The largest absolute Gasteiger partial charge is 0.494 e. The minimum absolute atomic E-state index is 0.832. The second-order valence-electron chi connectivity index (χ2n) is 7.30. The lowest BCUT2D eigenvalue weighted by molar-refractivity contribution is 0.304. The van der Waals surface area contributed by atoms with Crippen LogP contribution in [0.1, 0.15) is 70.1 Å². The van der Waals surface area contributed by atoms with Crippen LogP contribution in [0.25, 0.3) is 19.8 Å². The molecule has 2 heterocycles. The van der Waals surface area contributed by atoms with E-state index in [2.05, 4.69) is 50.2 Å². The second-order valence-corrected chi connectivity index (χ2v) is 9.55. The van der Waals surface area contributed by atoms with Gasteiger partial charge in [0.1, 0.15) is 5.75 Å². The van der Waals surface area contributed by atoms with Crippen molar-refractivity contribution in [1.82, 2.24) is 0 Å². The SMILES string of the molecule is CCCCCCCOc1ccc(-c2cc3sc(CCCCC)cc3s2)cc1. The van der Waals surface area contributed by atoms with Crippen LogP contribution < -0.4 is 4.74 Å². The molecule has 3 rings (SSSR count). The molecule has 0 amide bonds. The second kappa shape index (κ2) is 10.9. The van der Waals surface area contributed by atoms with Crippen LogP contribution in [0.4, 0.5) is 0 Å². The summed E-state index contributed by atoms with van der Waals surface area (Å²) in [5.74, 6) is 0.991. The summed E-state index contributed by atoms with van der Waals surface area (Å²) in [6.45, 7) is 5.35. The van der Waals surface area contributed by atoms with Gasteiger partial charge in [0.05, 0.1) is 6.61 Å². The summed E-state index contributed by atoms with van der Waals surface area (Å²) in [6, 6.07) is 13.4. The number of rotatable bonds is 12. The molecule has 146 valence electrons. The Balaban J connectivity index is 1.52. The minimum atomic E-state index is 0.832. The predicted octanol–water partition coefficient (Wildman–Crippen LogP) is 8.71. The number of thiophene rings is 2. The lowest BCUT2D eigenvalue weighted by Crippen LogP contribution is -1.97. The molecule has 1 nitrogen and oxygen atoms in total. The molecule has 1 aromatic carbocycles. The van der Waals surface area contributed by atoms with E-state index < -0.39 is 0 Å². The number of benzene rings is 1. The normalized spacial score (nSPS) is 11.3. The highest BCUT2D eigenvalue weighted by Crippen LogP contribution is 2.39. The van der Waals surface area contributed by atoms with Gasteiger partial charge in [-0.25, -0.2) is 0 Å². The third-order valence-corrected chi connectivity index (χ3v) is 7.34. The molecule has 2 aromatic heterocycles. The van der Waals surface area contributed by atoms with E-state index in [1.165, 1.54) is 71.2 Å². The first-order chi connectivity index (χ1) is 13.3. The zero-order valence-corrected chi connectivity index (χ0v) is 18.4. The number of unbranched alkanes of at least 4 members (excludes halogenated alkanes) is 6. The average molecular weight is 401 g/mol. The van der Waals surface area contributed by atoms with Gasteiger partial charge in [-0.05, 0) is 61.2 Å². The van der Waals surface area contributed by atoms with Gasteiger partial charge in [0.2, 0.25) is 0 Å². The number of hydrogen-bond acceptors (Lipinski definition) is 3. The van der Waals surface area contributed by atoms with Gasteiger partial charge in [-0.2, -0.15) is 0 Å². The molecule has 0 atom stereocenters. The van der Waals surface area contributed by atoms with E-state index in [-0.39, 0.29) is 0 Å². The van der Waals surface area contributed by atoms with Crippen LogP contribution in [0.5, 0.6) is 5.75 Å². The van der Waals surface area contributed by atoms with Crippen LogP contribution in [0, 0.1) is 0 Å². The van der Waals surface area contributed by atoms with Crippen molar-refractivity contribution in [2.24, 2.45) is 0 Å². The Kier molecular flexibility index (Phi) is 8.22. The van der Waals surface area contributed by atoms with Gasteiger partial charge in [0, 0.05) is 19.2 Å². The fraction of sp³-hybridized carbons (Fsp3) is 0.500. The molecule has 27 heavy (non-hydrogen) atoms. The Labute approximate surface area is 172 Å². The van der Waals surface area contributed by atoms with Gasteiger partial charge in [-0.15, -0.1) is 22.7 Å². The van der Waals surface area contributed by atoms with Gasteiger partial charge < -0.3 is 4.74 Å². The van der Waals surface area contributed by atoms with Crippen molar-refractivity contribution in [2.75, 3.05) is 6.61 Å². The summed E-state index contributed by atoms with van der Waals surface area (Å²) in [5, 5.41) is 0. The number of fused-ring (bicyclic) bond motifs is 1. The summed E-state index contributed by atoms with van der Waals surface area (Å²) >= 11 is 3.89. The maximum absolute atomic E-state index is 5.89. The summed E-state index contributed by atoms with van der Waals surface area (Å²) < 4.78 is 8.77. The minimum Gasteiger partial charge on any atom is -0.494 e. The van der Waals surface area contributed by atoms with Gasteiger partial charge in [0.25, 0.3) is 0 Å².